The first-order valence-corrected chi connectivity index (χ1v) is 10.00. The quantitative estimate of drug-likeness (QED) is 0.599. The van der Waals surface area contributed by atoms with E-state index >= 15 is 0 Å². The summed E-state index contributed by atoms with van der Waals surface area (Å²) in [4.78, 5) is 16.7. The standard InChI is InChI=1S/C20H21FN4OS/c1-3-27-24-17-7-6-13(10-16(17)21)15-11-18(23-20(26)12-4-5-12)22-19-14(15)8-9-25(19)2/h6-12,24H,3-5H2,1-2H3,(H,22,23,26). The maximum Gasteiger partial charge on any atom is 0.228 e. The van der Waals surface area contributed by atoms with Crippen LogP contribution < -0.4 is 10.0 Å². The van der Waals surface area contributed by atoms with E-state index in [0.717, 1.165) is 40.8 Å². The second-order valence-electron chi connectivity index (χ2n) is 6.71. The number of aromatic nitrogens is 2. The van der Waals surface area contributed by atoms with E-state index in [4.69, 9.17) is 0 Å². The zero-order valence-corrected chi connectivity index (χ0v) is 16.1. The van der Waals surface area contributed by atoms with Crippen LogP contribution in [0.4, 0.5) is 15.9 Å². The van der Waals surface area contributed by atoms with Crippen LogP contribution in [0.3, 0.4) is 0 Å². The van der Waals surface area contributed by atoms with Crippen molar-refractivity contribution in [3.05, 3.63) is 42.3 Å². The number of carbonyl (C=O) groups is 1. The minimum atomic E-state index is -0.307. The van der Waals surface area contributed by atoms with Crippen molar-refractivity contribution in [3.63, 3.8) is 0 Å². The lowest BCUT2D eigenvalue weighted by Crippen LogP contribution is -2.14. The highest BCUT2D eigenvalue weighted by Gasteiger charge is 2.30. The molecule has 1 aliphatic rings. The van der Waals surface area contributed by atoms with Crippen LogP contribution in [-0.2, 0) is 11.8 Å². The first-order chi connectivity index (χ1) is 13.1. The molecule has 2 N–H and O–H groups in total. The van der Waals surface area contributed by atoms with Gasteiger partial charge in [0.1, 0.15) is 17.3 Å². The summed E-state index contributed by atoms with van der Waals surface area (Å²) < 4.78 is 19.4. The van der Waals surface area contributed by atoms with Gasteiger partial charge in [-0.1, -0.05) is 24.9 Å². The smallest absolute Gasteiger partial charge is 0.228 e. The molecule has 0 saturated heterocycles. The lowest BCUT2D eigenvalue weighted by molar-refractivity contribution is -0.117. The predicted molar refractivity (Wildman–Crippen MR) is 109 cm³/mol. The number of aryl methyl sites for hydroxylation is 1. The molecular formula is C20H21FN4OS. The number of nitrogens with zero attached hydrogens (tertiary/aromatic N) is 2. The van der Waals surface area contributed by atoms with Crippen LogP contribution in [0.15, 0.2) is 36.5 Å². The van der Waals surface area contributed by atoms with Crippen molar-refractivity contribution in [2.45, 2.75) is 19.8 Å². The number of carbonyl (C=O) groups excluding carboxylic acids is 1. The molecule has 2 heterocycles. The third-order valence-corrected chi connectivity index (χ3v) is 5.30. The Hall–Kier alpha value is -2.54. The van der Waals surface area contributed by atoms with Gasteiger partial charge in [-0.25, -0.2) is 9.37 Å². The van der Waals surface area contributed by atoms with Gasteiger partial charge in [-0.05, 0) is 48.2 Å². The molecule has 0 bridgehead atoms. The Morgan fingerprint density at radius 1 is 1.33 bits per heavy atom. The van der Waals surface area contributed by atoms with E-state index in [1.807, 2.05) is 42.9 Å². The maximum absolute atomic E-state index is 14.5. The zero-order valence-electron chi connectivity index (χ0n) is 15.3. The van der Waals surface area contributed by atoms with Crippen molar-refractivity contribution in [2.24, 2.45) is 13.0 Å². The number of halogens is 1. The number of hydrogen-bond acceptors (Lipinski definition) is 4. The van der Waals surface area contributed by atoms with Crippen molar-refractivity contribution in [2.75, 3.05) is 15.8 Å². The third-order valence-electron chi connectivity index (χ3n) is 4.64. The first-order valence-electron chi connectivity index (χ1n) is 9.01. The van der Waals surface area contributed by atoms with Gasteiger partial charge < -0.3 is 14.6 Å². The number of rotatable bonds is 6. The monoisotopic (exact) mass is 384 g/mol. The molecule has 4 rings (SSSR count). The Labute approximate surface area is 161 Å². The molecular weight excluding hydrogens is 363 g/mol. The number of pyridine rings is 1. The highest BCUT2D eigenvalue weighted by Crippen LogP contribution is 2.34. The highest BCUT2D eigenvalue weighted by molar-refractivity contribution is 8.00. The van der Waals surface area contributed by atoms with Gasteiger partial charge in [0, 0.05) is 30.3 Å². The molecule has 1 aromatic carbocycles. The summed E-state index contributed by atoms with van der Waals surface area (Å²) in [6.45, 7) is 2.00. The molecule has 0 aliphatic heterocycles. The summed E-state index contributed by atoms with van der Waals surface area (Å²) in [5.41, 5.74) is 2.81. The van der Waals surface area contributed by atoms with E-state index in [9.17, 15) is 9.18 Å². The van der Waals surface area contributed by atoms with Gasteiger partial charge in [0.05, 0.1) is 5.69 Å². The number of fused-ring (bicyclic) bond motifs is 1. The van der Waals surface area contributed by atoms with E-state index in [2.05, 4.69) is 15.0 Å². The summed E-state index contributed by atoms with van der Waals surface area (Å²) in [5, 5.41) is 3.83. The van der Waals surface area contributed by atoms with Crippen molar-refractivity contribution < 1.29 is 9.18 Å². The predicted octanol–water partition coefficient (Wildman–Crippen LogP) is 4.81. The van der Waals surface area contributed by atoms with Crippen molar-refractivity contribution in [1.82, 2.24) is 9.55 Å². The summed E-state index contributed by atoms with van der Waals surface area (Å²) in [6, 6.07) is 8.93. The van der Waals surface area contributed by atoms with E-state index in [1.54, 1.807) is 6.07 Å². The first kappa shape index (κ1) is 17.9. The summed E-state index contributed by atoms with van der Waals surface area (Å²) in [6.07, 6.45) is 3.78. The molecule has 1 aliphatic carbocycles. The van der Waals surface area contributed by atoms with Gasteiger partial charge >= 0.3 is 0 Å². The van der Waals surface area contributed by atoms with Gasteiger partial charge in [-0.3, -0.25) is 4.79 Å². The normalized spacial score (nSPS) is 13.7. The van der Waals surface area contributed by atoms with Crippen LogP contribution in [-0.4, -0.2) is 21.2 Å². The number of hydrogen-bond donors (Lipinski definition) is 2. The number of amides is 1. The summed E-state index contributed by atoms with van der Waals surface area (Å²) in [7, 11) is 1.90. The molecule has 0 radical (unpaired) electrons. The Bertz CT molecular complexity index is 1010. The molecule has 1 saturated carbocycles. The van der Waals surface area contributed by atoms with Gasteiger partial charge in [0.2, 0.25) is 5.91 Å². The lowest BCUT2D eigenvalue weighted by Gasteiger charge is -2.11. The molecule has 3 aromatic rings. The van der Waals surface area contributed by atoms with Crippen LogP contribution >= 0.6 is 11.9 Å². The fourth-order valence-electron chi connectivity index (χ4n) is 3.02. The molecule has 5 nitrogen and oxygen atoms in total. The molecule has 0 spiro atoms. The van der Waals surface area contributed by atoms with Crippen molar-refractivity contribution in [1.29, 1.82) is 0 Å². The van der Waals surface area contributed by atoms with Crippen LogP contribution in [0, 0.1) is 11.7 Å². The minimum Gasteiger partial charge on any atom is -0.335 e. The average molecular weight is 384 g/mol. The molecule has 0 atom stereocenters. The fraction of sp³-hybridized carbons (Fsp3) is 0.300. The maximum atomic E-state index is 14.5. The third kappa shape index (κ3) is 3.64. The summed E-state index contributed by atoms with van der Waals surface area (Å²) >= 11 is 1.45. The Balaban J connectivity index is 1.75. The van der Waals surface area contributed by atoms with Crippen LogP contribution in [0.25, 0.3) is 22.2 Å². The Morgan fingerprint density at radius 2 is 2.15 bits per heavy atom. The number of benzene rings is 1. The van der Waals surface area contributed by atoms with E-state index in [-0.39, 0.29) is 17.6 Å². The molecule has 1 amide bonds. The molecule has 27 heavy (non-hydrogen) atoms. The van der Waals surface area contributed by atoms with E-state index < -0.39 is 0 Å². The van der Waals surface area contributed by atoms with Gasteiger partial charge in [0.15, 0.2) is 0 Å². The number of nitrogens with one attached hydrogen (secondary N) is 2. The summed E-state index contributed by atoms with van der Waals surface area (Å²) in [5.74, 6) is 1.14. The molecule has 0 unspecified atom stereocenters. The topological polar surface area (TPSA) is 58.9 Å². The highest BCUT2D eigenvalue weighted by atomic mass is 32.2. The van der Waals surface area contributed by atoms with Crippen molar-refractivity contribution >= 4 is 40.4 Å². The minimum absolute atomic E-state index is 0.00401. The van der Waals surface area contributed by atoms with E-state index in [1.165, 1.54) is 18.0 Å². The zero-order chi connectivity index (χ0) is 19.0. The van der Waals surface area contributed by atoms with Crippen LogP contribution in [0.5, 0.6) is 0 Å². The average Bonchev–Trinajstić information content (AvgIpc) is 3.45. The van der Waals surface area contributed by atoms with E-state index in [0.29, 0.717) is 11.5 Å². The lowest BCUT2D eigenvalue weighted by atomic mass is 10.0. The van der Waals surface area contributed by atoms with Gasteiger partial charge in [0.25, 0.3) is 0 Å². The van der Waals surface area contributed by atoms with Crippen molar-refractivity contribution in [3.8, 4) is 11.1 Å². The Morgan fingerprint density at radius 3 is 2.85 bits per heavy atom. The molecule has 7 heteroatoms. The SMILES string of the molecule is CCSNc1ccc(-c2cc(NC(=O)C3CC3)nc3c2ccn3C)cc1F. The second-order valence-corrected chi connectivity index (χ2v) is 7.78. The molecule has 2 aromatic heterocycles. The Kier molecular flexibility index (Phi) is 4.78. The van der Waals surface area contributed by atoms with Gasteiger partial charge in [-0.15, -0.1) is 0 Å². The molecule has 140 valence electrons. The van der Waals surface area contributed by atoms with Gasteiger partial charge in [-0.2, -0.15) is 0 Å². The number of anilines is 2. The fourth-order valence-corrected chi connectivity index (χ4v) is 3.49. The van der Waals surface area contributed by atoms with Crippen LogP contribution in [0.2, 0.25) is 0 Å². The molecule has 1 fully saturated rings. The second kappa shape index (κ2) is 7.23. The van der Waals surface area contributed by atoms with Crippen LogP contribution in [0.1, 0.15) is 19.8 Å². The largest absolute Gasteiger partial charge is 0.335 e.